The average Bonchev–Trinajstić information content (AvgIpc) is 3.11. The Morgan fingerprint density at radius 3 is 2.29 bits per heavy atom. The fourth-order valence-electron chi connectivity index (χ4n) is 3.20. The van der Waals surface area contributed by atoms with E-state index in [0.29, 0.717) is 22.9 Å². The van der Waals surface area contributed by atoms with Crippen LogP contribution < -0.4 is 4.74 Å². The van der Waals surface area contributed by atoms with Crippen molar-refractivity contribution in [3.8, 4) is 5.75 Å². The number of Topliss-reactive ketones (excluding diaryl/α,β-unsaturated/α-hetero) is 1. The molecular weight excluding hydrogens is 492 g/mol. The number of imide groups is 1. The Hall–Kier alpha value is -3.95. The number of ether oxygens (including phenoxy) is 1. The van der Waals surface area contributed by atoms with Gasteiger partial charge >= 0.3 is 0 Å². The van der Waals surface area contributed by atoms with E-state index in [0.717, 1.165) is 22.2 Å². The number of rotatable bonds is 8. The Balaban J connectivity index is 1.38. The molecule has 1 aliphatic heterocycles. The van der Waals surface area contributed by atoms with E-state index in [-0.39, 0.29) is 16.2 Å². The van der Waals surface area contributed by atoms with Crippen molar-refractivity contribution in [2.75, 3.05) is 6.54 Å². The summed E-state index contributed by atoms with van der Waals surface area (Å²) in [6, 6.07) is 19.3. The highest BCUT2D eigenvalue weighted by Crippen LogP contribution is 2.32. The zero-order valence-corrected chi connectivity index (χ0v) is 19.6. The number of carbonyl (C=O) groups excluding carboxylic acids is 3. The van der Waals surface area contributed by atoms with Gasteiger partial charge in [-0.3, -0.25) is 29.4 Å². The Kier molecular flexibility index (Phi) is 7.28. The number of amides is 2. The fourth-order valence-corrected chi connectivity index (χ4v) is 4.16. The van der Waals surface area contributed by atoms with Gasteiger partial charge in [0.25, 0.3) is 16.8 Å². The minimum Gasteiger partial charge on any atom is -0.489 e. The predicted octanol–water partition coefficient (Wildman–Crippen LogP) is 5.75. The summed E-state index contributed by atoms with van der Waals surface area (Å²) in [5, 5.41) is 10.9. The molecular formula is C25H17ClN2O6S. The van der Waals surface area contributed by atoms with E-state index in [1.165, 1.54) is 24.3 Å². The maximum Gasteiger partial charge on any atom is 0.293 e. The lowest BCUT2D eigenvalue weighted by Crippen LogP contribution is -2.33. The maximum atomic E-state index is 12.7. The van der Waals surface area contributed by atoms with Crippen molar-refractivity contribution >= 4 is 52.1 Å². The first-order valence-corrected chi connectivity index (χ1v) is 11.5. The number of thioether (sulfide) groups is 1. The van der Waals surface area contributed by atoms with Gasteiger partial charge in [0, 0.05) is 22.7 Å². The maximum absolute atomic E-state index is 12.7. The molecule has 0 aliphatic carbocycles. The molecule has 2 amide bonds. The van der Waals surface area contributed by atoms with Crippen LogP contribution in [0.5, 0.6) is 5.75 Å². The summed E-state index contributed by atoms with van der Waals surface area (Å²) in [5.41, 5.74) is 1.68. The van der Waals surface area contributed by atoms with Gasteiger partial charge in [-0.15, -0.1) is 0 Å². The largest absolute Gasteiger partial charge is 0.489 e. The van der Waals surface area contributed by atoms with Crippen molar-refractivity contribution in [1.82, 2.24) is 4.90 Å². The van der Waals surface area contributed by atoms with E-state index in [2.05, 4.69) is 0 Å². The van der Waals surface area contributed by atoms with Gasteiger partial charge < -0.3 is 4.74 Å². The number of ketones is 1. The molecule has 0 atom stereocenters. The van der Waals surface area contributed by atoms with Crippen molar-refractivity contribution < 1.29 is 24.0 Å². The number of nitrogens with zero attached hydrogens (tertiary/aromatic N) is 2. The number of hydrogen-bond acceptors (Lipinski definition) is 7. The van der Waals surface area contributed by atoms with Crippen LogP contribution in [0.15, 0.2) is 77.7 Å². The summed E-state index contributed by atoms with van der Waals surface area (Å²) in [4.78, 5) is 48.8. The Morgan fingerprint density at radius 2 is 1.66 bits per heavy atom. The van der Waals surface area contributed by atoms with Gasteiger partial charge in [-0.1, -0.05) is 35.9 Å². The number of nitro groups is 1. The smallest absolute Gasteiger partial charge is 0.293 e. The molecule has 0 saturated carbocycles. The van der Waals surface area contributed by atoms with Gasteiger partial charge in [-0.2, -0.15) is 0 Å². The lowest BCUT2D eigenvalue weighted by atomic mass is 10.1. The van der Waals surface area contributed by atoms with E-state index in [1.807, 2.05) is 12.1 Å². The second-order valence-corrected chi connectivity index (χ2v) is 8.91. The molecule has 0 radical (unpaired) electrons. The first-order chi connectivity index (χ1) is 16.8. The Bertz CT molecular complexity index is 1320. The van der Waals surface area contributed by atoms with Crippen LogP contribution in [-0.4, -0.2) is 33.3 Å². The van der Waals surface area contributed by atoms with Crippen molar-refractivity contribution in [3.63, 3.8) is 0 Å². The van der Waals surface area contributed by atoms with Crippen LogP contribution in [-0.2, 0) is 11.4 Å². The molecule has 3 aromatic rings. The highest BCUT2D eigenvalue weighted by molar-refractivity contribution is 8.18. The van der Waals surface area contributed by atoms with Gasteiger partial charge in [0.2, 0.25) is 0 Å². The van der Waals surface area contributed by atoms with E-state index in [9.17, 15) is 24.5 Å². The summed E-state index contributed by atoms with van der Waals surface area (Å²) in [5.74, 6) is -0.428. The summed E-state index contributed by atoms with van der Waals surface area (Å²) in [6.45, 7) is -0.0739. The second kappa shape index (κ2) is 10.5. The molecule has 1 aliphatic rings. The third kappa shape index (κ3) is 5.95. The Labute approximate surface area is 209 Å². The third-order valence-electron chi connectivity index (χ3n) is 5.07. The van der Waals surface area contributed by atoms with Crippen LogP contribution in [0, 0.1) is 10.1 Å². The third-order valence-corrected chi connectivity index (χ3v) is 6.23. The number of nitro benzene ring substituents is 1. The molecule has 8 nitrogen and oxygen atoms in total. The standard InChI is InChI=1S/C25H17ClN2O6S/c26-19-7-1-17(2-8-19)15-34-21-11-3-16(4-12-21)13-23-24(30)27(25(31)35-23)14-22(29)18-5-9-20(10-6-18)28(32)33/h1-13H,14-15H2/b23-13+. The lowest BCUT2D eigenvalue weighted by Gasteiger charge is -2.11. The second-order valence-electron chi connectivity index (χ2n) is 7.48. The van der Waals surface area contributed by atoms with Crippen LogP contribution in [0.2, 0.25) is 5.02 Å². The summed E-state index contributed by atoms with van der Waals surface area (Å²) in [6.07, 6.45) is 1.57. The first-order valence-electron chi connectivity index (χ1n) is 10.3. The summed E-state index contributed by atoms with van der Waals surface area (Å²) >= 11 is 6.63. The summed E-state index contributed by atoms with van der Waals surface area (Å²) < 4.78 is 5.75. The number of carbonyl (C=O) groups is 3. The van der Waals surface area contributed by atoms with Crippen molar-refractivity contribution in [1.29, 1.82) is 0 Å². The molecule has 0 bridgehead atoms. The number of hydrogen-bond donors (Lipinski definition) is 0. The molecule has 0 N–H and O–H groups in total. The van der Waals surface area contributed by atoms with Crippen molar-refractivity contribution in [2.45, 2.75) is 6.61 Å². The molecule has 35 heavy (non-hydrogen) atoms. The molecule has 0 spiro atoms. The van der Waals surface area contributed by atoms with Gasteiger partial charge in [0.05, 0.1) is 16.4 Å². The highest BCUT2D eigenvalue weighted by Gasteiger charge is 2.36. The SMILES string of the molecule is O=C(CN1C(=O)S/C(=C/c2ccc(OCc3ccc(Cl)cc3)cc2)C1=O)c1ccc([N+](=O)[O-])cc1. The molecule has 0 aromatic heterocycles. The normalized spacial score (nSPS) is 14.4. The fraction of sp³-hybridized carbons (Fsp3) is 0.0800. The number of non-ortho nitro benzene ring substituents is 1. The van der Waals surface area contributed by atoms with Gasteiger partial charge in [-0.25, -0.2) is 0 Å². The van der Waals surface area contributed by atoms with Gasteiger partial charge in [0.15, 0.2) is 5.78 Å². The monoisotopic (exact) mass is 508 g/mol. The zero-order chi connectivity index (χ0) is 24.9. The van der Waals surface area contributed by atoms with E-state index >= 15 is 0 Å². The van der Waals surface area contributed by atoms with E-state index < -0.39 is 28.4 Å². The van der Waals surface area contributed by atoms with E-state index in [4.69, 9.17) is 16.3 Å². The predicted molar refractivity (Wildman–Crippen MR) is 132 cm³/mol. The topological polar surface area (TPSA) is 107 Å². The first kappa shape index (κ1) is 24.2. The molecule has 1 fully saturated rings. The molecule has 1 heterocycles. The minimum absolute atomic E-state index is 0.156. The quantitative estimate of drug-likeness (QED) is 0.165. The van der Waals surface area contributed by atoms with Crippen LogP contribution >= 0.6 is 23.4 Å². The lowest BCUT2D eigenvalue weighted by molar-refractivity contribution is -0.384. The van der Waals surface area contributed by atoms with E-state index in [1.54, 1.807) is 42.5 Å². The van der Waals surface area contributed by atoms with Gasteiger partial charge in [-0.05, 0) is 65.4 Å². The molecule has 176 valence electrons. The van der Waals surface area contributed by atoms with Gasteiger partial charge in [0.1, 0.15) is 12.4 Å². The molecule has 1 saturated heterocycles. The van der Waals surface area contributed by atoms with Crippen molar-refractivity contribution in [3.05, 3.63) is 110 Å². The van der Waals surface area contributed by atoms with Crippen LogP contribution in [0.1, 0.15) is 21.5 Å². The van der Waals surface area contributed by atoms with Crippen LogP contribution in [0.4, 0.5) is 10.5 Å². The van der Waals surface area contributed by atoms with Crippen LogP contribution in [0.25, 0.3) is 6.08 Å². The van der Waals surface area contributed by atoms with Crippen LogP contribution in [0.3, 0.4) is 0 Å². The highest BCUT2D eigenvalue weighted by atomic mass is 35.5. The molecule has 10 heteroatoms. The average molecular weight is 509 g/mol. The zero-order valence-electron chi connectivity index (χ0n) is 18.0. The molecule has 0 unspecified atom stereocenters. The Morgan fingerprint density at radius 1 is 1.00 bits per heavy atom. The minimum atomic E-state index is -0.576. The molecule has 3 aromatic carbocycles. The molecule has 4 rings (SSSR count). The summed E-state index contributed by atoms with van der Waals surface area (Å²) in [7, 11) is 0. The number of halogens is 1. The number of benzene rings is 3. The van der Waals surface area contributed by atoms with Crippen molar-refractivity contribution in [2.24, 2.45) is 0 Å².